The van der Waals surface area contributed by atoms with Gasteiger partial charge in [-0.25, -0.2) is 0 Å². The number of likely N-dealkylation sites (N-methyl/N-ethyl adjacent to an activating group) is 2. The fourth-order valence-electron chi connectivity index (χ4n) is 2.95. The van der Waals surface area contributed by atoms with Crippen molar-refractivity contribution in [2.45, 2.75) is 32.4 Å². The molecule has 0 amide bonds. The lowest BCUT2D eigenvalue weighted by Crippen LogP contribution is -2.38. The summed E-state index contributed by atoms with van der Waals surface area (Å²) in [5.41, 5.74) is 7.85. The number of nitrogens with two attached hydrogens (primary N) is 1. The van der Waals surface area contributed by atoms with E-state index in [1.807, 2.05) is 18.2 Å². The highest BCUT2D eigenvalue weighted by Gasteiger charge is 2.24. The van der Waals surface area contributed by atoms with Crippen LogP contribution in [0.4, 0.5) is 5.69 Å². The number of hydrogen-bond donors (Lipinski definition) is 1. The zero-order chi connectivity index (χ0) is 13.8. The third-order valence-electron chi connectivity index (χ3n) is 4.01. The summed E-state index contributed by atoms with van der Waals surface area (Å²) in [5.74, 6) is 0. The average molecular weight is 282 g/mol. The Balaban J connectivity index is 1.96. The van der Waals surface area contributed by atoms with Crippen LogP contribution in [-0.4, -0.2) is 42.5 Å². The van der Waals surface area contributed by atoms with Crippen molar-refractivity contribution >= 4 is 17.3 Å². The minimum Gasteiger partial charge on any atom is -0.398 e. The molecule has 2 N–H and O–H groups in total. The van der Waals surface area contributed by atoms with E-state index in [2.05, 4.69) is 23.8 Å². The standard InChI is InChI=1S/C15H24ClN3/c1-3-19-9-5-6-12(19)10-18(2)11-13-14(16)7-4-8-15(13)17/h4,7-8,12H,3,5-6,9-11,17H2,1-2H3. The van der Waals surface area contributed by atoms with E-state index in [-0.39, 0.29) is 0 Å². The topological polar surface area (TPSA) is 32.5 Å². The van der Waals surface area contributed by atoms with Gasteiger partial charge < -0.3 is 10.6 Å². The minimum absolute atomic E-state index is 0.679. The van der Waals surface area contributed by atoms with Gasteiger partial charge in [-0.05, 0) is 45.1 Å². The van der Waals surface area contributed by atoms with Crippen LogP contribution < -0.4 is 5.73 Å². The van der Waals surface area contributed by atoms with Crippen LogP contribution in [0.5, 0.6) is 0 Å². The second-order valence-corrected chi connectivity index (χ2v) is 5.84. The first-order chi connectivity index (χ1) is 9.11. The Labute approximate surface area is 121 Å². The monoisotopic (exact) mass is 281 g/mol. The molecular weight excluding hydrogens is 258 g/mol. The third kappa shape index (κ3) is 3.62. The zero-order valence-corrected chi connectivity index (χ0v) is 12.7. The van der Waals surface area contributed by atoms with Gasteiger partial charge >= 0.3 is 0 Å². The van der Waals surface area contributed by atoms with E-state index in [0.717, 1.165) is 35.9 Å². The van der Waals surface area contributed by atoms with E-state index in [9.17, 15) is 0 Å². The molecule has 1 fully saturated rings. The predicted molar refractivity (Wildman–Crippen MR) is 82.5 cm³/mol. The zero-order valence-electron chi connectivity index (χ0n) is 11.9. The molecule has 1 saturated heterocycles. The summed E-state index contributed by atoms with van der Waals surface area (Å²) in [6.45, 7) is 6.53. The molecule has 1 atom stereocenters. The summed E-state index contributed by atoms with van der Waals surface area (Å²) >= 11 is 6.23. The number of benzene rings is 1. The van der Waals surface area contributed by atoms with Crippen molar-refractivity contribution < 1.29 is 0 Å². The van der Waals surface area contributed by atoms with Crippen LogP contribution in [0.1, 0.15) is 25.3 Å². The summed E-state index contributed by atoms with van der Waals surface area (Å²) in [7, 11) is 2.15. The van der Waals surface area contributed by atoms with E-state index in [4.69, 9.17) is 17.3 Å². The molecule has 0 bridgehead atoms. The van der Waals surface area contributed by atoms with Crippen LogP contribution >= 0.6 is 11.6 Å². The van der Waals surface area contributed by atoms with Gasteiger partial charge in [0.15, 0.2) is 0 Å². The van der Waals surface area contributed by atoms with Crippen LogP contribution in [0, 0.1) is 0 Å². The SMILES string of the molecule is CCN1CCCC1CN(C)Cc1c(N)cccc1Cl. The van der Waals surface area contributed by atoms with E-state index >= 15 is 0 Å². The van der Waals surface area contributed by atoms with Crippen LogP contribution in [0.2, 0.25) is 5.02 Å². The lowest BCUT2D eigenvalue weighted by molar-refractivity contribution is 0.195. The Bertz CT molecular complexity index is 402. The van der Waals surface area contributed by atoms with Crippen LogP contribution in [0.25, 0.3) is 0 Å². The molecule has 0 saturated carbocycles. The third-order valence-corrected chi connectivity index (χ3v) is 4.36. The van der Waals surface area contributed by atoms with Crippen molar-refractivity contribution in [1.82, 2.24) is 9.80 Å². The molecule has 19 heavy (non-hydrogen) atoms. The highest BCUT2D eigenvalue weighted by molar-refractivity contribution is 6.31. The summed E-state index contributed by atoms with van der Waals surface area (Å²) < 4.78 is 0. The van der Waals surface area contributed by atoms with Gasteiger partial charge in [-0.2, -0.15) is 0 Å². The van der Waals surface area contributed by atoms with E-state index in [0.29, 0.717) is 6.04 Å². The molecule has 4 heteroatoms. The second-order valence-electron chi connectivity index (χ2n) is 5.43. The molecule has 1 aromatic carbocycles. The van der Waals surface area contributed by atoms with Crippen molar-refractivity contribution in [2.75, 3.05) is 32.4 Å². The molecule has 1 aliphatic rings. The lowest BCUT2D eigenvalue weighted by atomic mass is 10.1. The van der Waals surface area contributed by atoms with Crippen molar-refractivity contribution in [3.8, 4) is 0 Å². The Morgan fingerprint density at radius 3 is 2.95 bits per heavy atom. The molecule has 0 aliphatic carbocycles. The number of halogens is 1. The summed E-state index contributed by atoms with van der Waals surface area (Å²) in [4.78, 5) is 4.89. The van der Waals surface area contributed by atoms with E-state index in [1.165, 1.54) is 19.4 Å². The highest BCUT2D eigenvalue weighted by Crippen LogP contribution is 2.24. The van der Waals surface area contributed by atoms with Crippen molar-refractivity contribution in [1.29, 1.82) is 0 Å². The number of nitrogens with zero attached hydrogens (tertiary/aromatic N) is 2. The number of likely N-dealkylation sites (tertiary alicyclic amines) is 1. The molecule has 106 valence electrons. The summed E-state index contributed by atoms with van der Waals surface area (Å²) in [6.07, 6.45) is 2.62. The summed E-state index contributed by atoms with van der Waals surface area (Å²) in [5, 5.41) is 0.769. The first kappa shape index (κ1) is 14.6. The van der Waals surface area contributed by atoms with Crippen LogP contribution in [-0.2, 0) is 6.54 Å². The molecule has 1 heterocycles. The smallest absolute Gasteiger partial charge is 0.0471 e. The van der Waals surface area contributed by atoms with Gasteiger partial charge in [0, 0.05) is 35.4 Å². The quantitative estimate of drug-likeness (QED) is 0.843. The number of hydrogen-bond acceptors (Lipinski definition) is 3. The van der Waals surface area contributed by atoms with Gasteiger partial charge in [-0.1, -0.05) is 24.6 Å². The Morgan fingerprint density at radius 2 is 2.26 bits per heavy atom. The Kier molecular flexibility index (Phi) is 5.08. The first-order valence-corrected chi connectivity index (χ1v) is 7.45. The molecule has 1 unspecified atom stereocenters. The largest absolute Gasteiger partial charge is 0.398 e. The molecule has 2 rings (SSSR count). The van der Waals surface area contributed by atoms with Crippen LogP contribution in [0.15, 0.2) is 18.2 Å². The van der Waals surface area contributed by atoms with Gasteiger partial charge in [0.2, 0.25) is 0 Å². The van der Waals surface area contributed by atoms with Crippen molar-refractivity contribution in [3.05, 3.63) is 28.8 Å². The molecule has 1 aliphatic heterocycles. The molecular formula is C15H24ClN3. The number of nitrogen functional groups attached to an aromatic ring is 1. The molecule has 1 aromatic rings. The molecule has 0 aromatic heterocycles. The molecule has 3 nitrogen and oxygen atoms in total. The van der Waals surface area contributed by atoms with Gasteiger partial charge in [0.1, 0.15) is 0 Å². The fourth-order valence-corrected chi connectivity index (χ4v) is 3.20. The maximum Gasteiger partial charge on any atom is 0.0471 e. The normalized spacial score (nSPS) is 20.3. The predicted octanol–water partition coefficient (Wildman–Crippen LogP) is 2.84. The Morgan fingerprint density at radius 1 is 1.47 bits per heavy atom. The highest BCUT2D eigenvalue weighted by atomic mass is 35.5. The van der Waals surface area contributed by atoms with Gasteiger partial charge in [0.25, 0.3) is 0 Å². The fraction of sp³-hybridized carbons (Fsp3) is 0.600. The summed E-state index contributed by atoms with van der Waals surface area (Å²) in [6, 6.07) is 6.41. The average Bonchev–Trinajstić information content (AvgIpc) is 2.81. The van der Waals surface area contributed by atoms with Crippen molar-refractivity contribution in [2.24, 2.45) is 0 Å². The van der Waals surface area contributed by atoms with E-state index in [1.54, 1.807) is 0 Å². The molecule has 0 radical (unpaired) electrons. The second kappa shape index (κ2) is 6.60. The van der Waals surface area contributed by atoms with Gasteiger partial charge in [0.05, 0.1) is 0 Å². The Hall–Kier alpha value is -0.770. The number of rotatable bonds is 5. The van der Waals surface area contributed by atoms with Crippen LogP contribution in [0.3, 0.4) is 0 Å². The maximum atomic E-state index is 6.23. The minimum atomic E-state index is 0.679. The first-order valence-electron chi connectivity index (χ1n) is 7.07. The lowest BCUT2D eigenvalue weighted by Gasteiger charge is -2.28. The number of anilines is 1. The van der Waals surface area contributed by atoms with Crippen molar-refractivity contribution in [3.63, 3.8) is 0 Å². The maximum absolute atomic E-state index is 6.23. The van der Waals surface area contributed by atoms with Gasteiger partial charge in [-0.3, -0.25) is 4.90 Å². The molecule has 0 spiro atoms. The van der Waals surface area contributed by atoms with E-state index < -0.39 is 0 Å². The van der Waals surface area contributed by atoms with Gasteiger partial charge in [-0.15, -0.1) is 0 Å².